The van der Waals surface area contributed by atoms with E-state index in [-0.39, 0.29) is 11.9 Å². The SMILES string of the molecule is CC(C)OCc1ccc(Br)cc1F. The molecule has 0 spiro atoms. The molecule has 1 aromatic rings. The molecular weight excluding hydrogens is 235 g/mol. The minimum absolute atomic E-state index is 0.128. The van der Waals surface area contributed by atoms with Gasteiger partial charge in [0, 0.05) is 10.0 Å². The third-order valence-electron chi connectivity index (χ3n) is 1.59. The molecule has 1 nitrogen and oxygen atoms in total. The van der Waals surface area contributed by atoms with E-state index in [0.29, 0.717) is 12.2 Å². The van der Waals surface area contributed by atoms with E-state index < -0.39 is 0 Å². The van der Waals surface area contributed by atoms with E-state index in [1.807, 2.05) is 19.9 Å². The third-order valence-corrected chi connectivity index (χ3v) is 2.08. The van der Waals surface area contributed by atoms with Crippen LogP contribution >= 0.6 is 15.9 Å². The van der Waals surface area contributed by atoms with Gasteiger partial charge in [-0.25, -0.2) is 4.39 Å². The number of hydrogen-bond donors (Lipinski definition) is 0. The quantitative estimate of drug-likeness (QED) is 0.794. The highest BCUT2D eigenvalue weighted by Gasteiger charge is 2.03. The molecule has 0 fully saturated rings. The van der Waals surface area contributed by atoms with Crippen LogP contribution < -0.4 is 0 Å². The van der Waals surface area contributed by atoms with E-state index >= 15 is 0 Å². The average molecular weight is 247 g/mol. The van der Waals surface area contributed by atoms with Gasteiger partial charge in [-0.3, -0.25) is 0 Å². The summed E-state index contributed by atoms with van der Waals surface area (Å²) in [6, 6.07) is 4.98. The summed E-state index contributed by atoms with van der Waals surface area (Å²) in [5, 5.41) is 0. The molecule has 0 unspecified atom stereocenters. The minimum atomic E-state index is -0.227. The molecule has 13 heavy (non-hydrogen) atoms. The van der Waals surface area contributed by atoms with Crippen molar-refractivity contribution in [3.8, 4) is 0 Å². The van der Waals surface area contributed by atoms with E-state index in [1.54, 1.807) is 6.07 Å². The summed E-state index contributed by atoms with van der Waals surface area (Å²) in [5.41, 5.74) is 0.594. The molecule has 0 aliphatic heterocycles. The van der Waals surface area contributed by atoms with Crippen molar-refractivity contribution in [2.45, 2.75) is 26.6 Å². The predicted molar refractivity (Wildman–Crippen MR) is 54.0 cm³/mol. The highest BCUT2D eigenvalue weighted by Crippen LogP contribution is 2.16. The van der Waals surface area contributed by atoms with Crippen molar-refractivity contribution in [3.05, 3.63) is 34.1 Å². The molecule has 0 amide bonds. The van der Waals surface area contributed by atoms with Gasteiger partial charge in [-0.15, -0.1) is 0 Å². The van der Waals surface area contributed by atoms with Gasteiger partial charge in [0.2, 0.25) is 0 Å². The van der Waals surface area contributed by atoms with Crippen LogP contribution in [0.25, 0.3) is 0 Å². The molecule has 0 saturated carbocycles. The molecule has 1 aromatic carbocycles. The highest BCUT2D eigenvalue weighted by molar-refractivity contribution is 9.10. The number of hydrogen-bond acceptors (Lipinski definition) is 1. The van der Waals surface area contributed by atoms with Gasteiger partial charge >= 0.3 is 0 Å². The first kappa shape index (κ1) is 10.7. The predicted octanol–water partition coefficient (Wildman–Crippen LogP) is 3.51. The Kier molecular flexibility index (Phi) is 3.88. The summed E-state index contributed by atoms with van der Waals surface area (Å²) in [6.45, 7) is 4.18. The smallest absolute Gasteiger partial charge is 0.129 e. The number of rotatable bonds is 3. The number of halogens is 2. The Balaban J connectivity index is 2.67. The van der Waals surface area contributed by atoms with Gasteiger partial charge in [-0.1, -0.05) is 22.0 Å². The van der Waals surface area contributed by atoms with E-state index in [2.05, 4.69) is 15.9 Å². The normalized spacial score (nSPS) is 10.8. The number of ether oxygens (including phenoxy) is 1. The van der Waals surface area contributed by atoms with Crippen molar-refractivity contribution in [2.24, 2.45) is 0 Å². The summed E-state index contributed by atoms with van der Waals surface area (Å²) in [5.74, 6) is -0.227. The van der Waals surface area contributed by atoms with E-state index in [1.165, 1.54) is 6.07 Å². The summed E-state index contributed by atoms with van der Waals surface area (Å²) in [7, 11) is 0. The molecule has 3 heteroatoms. The second-order valence-corrected chi connectivity index (χ2v) is 4.01. The van der Waals surface area contributed by atoms with Gasteiger partial charge in [0.15, 0.2) is 0 Å². The maximum Gasteiger partial charge on any atom is 0.129 e. The Morgan fingerprint density at radius 1 is 1.46 bits per heavy atom. The fraction of sp³-hybridized carbons (Fsp3) is 0.400. The topological polar surface area (TPSA) is 9.23 Å². The van der Waals surface area contributed by atoms with Crippen LogP contribution in [0.3, 0.4) is 0 Å². The fourth-order valence-electron chi connectivity index (χ4n) is 0.895. The lowest BCUT2D eigenvalue weighted by Crippen LogP contribution is -2.03. The molecule has 0 aliphatic rings. The molecule has 0 N–H and O–H groups in total. The summed E-state index contributed by atoms with van der Waals surface area (Å²) in [6.07, 6.45) is 0.128. The lowest BCUT2D eigenvalue weighted by atomic mass is 10.2. The third kappa shape index (κ3) is 3.44. The molecule has 0 heterocycles. The minimum Gasteiger partial charge on any atom is -0.374 e. The van der Waals surface area contributed by atoms with Crippen molar-refractivity contribution in [1.29, 1.82) is 0 Å². The summed E-state index contributed by atoms with van der Waals surface area (Å²) in [4.78, 5) is 0. The van der Waals surface area contributed by atoms with Crippen molar-refractivity contribution in [1.82, 2.24) is 0 Å². The molecule has 0 bridgehead atoms. The van der Waals surface area contributed by atoms with E-state index in [0.717, 1.165) is 4.47 Å². The lowest BCUT2D eigenvalue weighted by Gasteiger charge is -2.08. The van der Waals surface area contributed by atoms with Crippen LogP contribution in [0.5, 0.6) is 0 Å². The van der Waals surface area contributed by atoms with Crippen molar-refractivity contribution < 1.29 is 9.13 Å². The zero-order valence-electron chi connectivity index (χ0n) is 7.68. The summed E-state index contributed by atoms with van der Waals surface area (Å²) >= 11 is 3.20. The molecule has 0 saturated heterocycles. The molecule has 1 rings (SSSR count). The van der Waals surface area contributed by atoms with Crippen molar-refractivity contribution >= 4 is 15.9 Å². The van der Waals surface area contributed by atoms with Crippen LogP contribution in [0.2, 0.25) is 0 Å². The summed E-state index contributed by atoms with van der Waals surface area (Å²) < 4.78 is 19.2. The van der Waals surface area contributed by atoms with Gasteiger partial charge in [0.25, 0.3) is 0 Å². The van der Waals surface area contributed by atoms with E-state index in [9.17, 15) is 4.39 Å². The Morgan fingerprint density at radius 3 is 2.69 bits per heavy atom. The van der Waals surface area contributed by atoms with Gasteiger partial charge < -0.3 is 4.74 Å². The highest BCUT2D eigenvalue weighted by atomic mass is 79.9. The second-order valence-electron chi connectivity index (χ2n) is 3.10. The zero-order chi connectivity index (χ0) is 9.84. The monoisotopic (exact) mass is 246 g/mol. The second kappa shape index (κ2) is 4.72. The largest absolute Gasteiger partial charge is 0.374 e. The lowest BCUT2D eigenvalue weighted by molar-refractivity contribution is 0.0639. The Bertz CT molecular complexity index is 286. The first-order valence-corrected chi connectivity index (χ1v) is 4.94. The molecule has 0 radical (unpaired) electrons. The average Bonchev–Trinajstić information content (AvgIpc) is 2.02. The van der Waals surface area contributed by atoms with Crippen LogP contribution in [0, 0.1) is 5.82 Å². The van der Waals surface area contributed by atoms with Gasteiger partial charge in [-0.05, 0) is 26.0 Å². The Morgan fingerprint density at radius 2 is 2.15 bits per heavy atom. The molecule has 0 aliphatic carbocycles. The molecular formula is C10H12BrFO. The molecule has 0 aromatic heterocycles. The maximum absolute atomic E-state index is 13.2. The molecule has 72 valence electrons. The van der Waals surface area contributed by atoms with Crippen molar-refractivity contribution in [2.75, 3.05) is 0 Å². The zero-order valence-corrected chi connectivity index (χ0v) is 9.27. The van der Waals surface area contributed by atoms with Gasteiger partial charge in [-0.2, -0.15) is 0 Å². The standard InChI is InChI=1S/C10H12BrFO/c1-7(2)13-6-8-3-4-9(11)5-10(8)12/h3-5,7H,6H2,1-2H3. The molecule has 0 atom stereocenters. The van der Waals surface area contributed by atoms with Crippen LogP contribution in [0.1, 0.15) is 19.4 Å². The Hall–Kier alpha value is -0.410. The van der Waals surface area contributed by atoms with Crippen LogP contribution in [0.4, 0.5) is 4.39 Å². The fourth-order valence-corrected chi connectivity index (χ4v) is 1.23. The maximum atomic E-state index is 13.2. The first-order chi connectivity index (χ1) is 6.09. The number of benzene rings is 1. The van der Waals surface area contributed by atoms with Gasteiger partial charge in [0.1, 0.15) is 5.82 Å². The Labute approximate surface area is 86.0 Å². The first-order valence-electron chi connectivity index (χ1n) is 4.15. The van der Waals surface area contributed by atoms with Crippen LogP contribution in [-0.4, -0.2) is 6.10 Å². The van der Waals surface area contributed by atoms with Crippen LogP contribution in [-0.2, 0) is 11.3 Å². The van der Waals surface area contributed by atoms with Crippen LogP contribution in [0.15, 0.2) is 22.7 Å². The van der Waals surface area contributed by atoms with Gasteiger partial charge in [0.05, 0.1) is 12.7 Å². The van der Waals surface area contributed by atoms with E-state index in [4.69, 9.17) is 4.74 Å². The van der Waals surface area contributed by atoms with Crippen molar-refractivity contribution in [3.63, 3.8) is 0 Å².